The van der Waals surface area contributed by atoms with E-state index in [2.05, 4.69) is 6.92 Å². The smallest absolute Gasteiger partial charge is 0.111 e. The van der Waals surface area contributed by atoms with Gasteiger partial charge >= 0.3 is 0 Å². The summed E-state index contributed by atoms with van der Waals surface area (Å²) < 4.78 is 5.80. The molecule has 1 aliphatic heterocycles. The highest BCUT2D eigenvalue weighted by Crippen LogP contribution is 2.39. The first-order chi connectivity index (χ1) is 8.63. The van der Waals surface area contributed by atoms with Crippen LogP contribution in [0.4, 0.5) is 0 Å². The normalized spacial score (nSPS) is 36.6. The van der Waals surface area contributed by atoms with Gasteiger partial charge in [0.25, 0.3) is 0 Å². The third kappa shape index (κ3) is 2.88. The molecule has 1 saturated heterocycles. The Labute approximate surface area is 112 Å². The molecular weight excluding hydrogens is 248 g/mol. The summed E-state index contributed by atoms with van der Waals surface area (Å²) in [6, 6.07) is 10.1. The Hall–Kier alpha value is -0.550. The quantitative estimate of drug-likeness (QED) is 0.881. The second-order valence-electron chi connectivity index (χ2n) is 4.87. The van der Waals surface area contributed by atoms with Gasteiger partial charge in [-0.2, -0.15) is 0 Å². The molecule has 100 valence electrons. The van der Waals surface area contributed by atoms with E-state index in [0.717, 1.165) is 4.90 Å². The van der Waals surface area contributed by atoms with Crippen LogP contribution in [0.3, 0.4) is 0 Å². The van der Waals surface area contributed by atoms with Gasteiger partial charge in [0.1, 0.15) is 11.5 Å². The molecule has 0 aliphatic carbocycles. The zero-order chi connectivity index (χ0) is 13.1. The average Bonchev–Trinajstić information content (AvgIpc) is 2.40. The topological polar surface area (TPSA) is 49.7 Å². The van der Waals surface area contributed by atoms with Crippen LogP contribution < -0.4 is 0 Å². The molecule has 4 heteroatoms. The van der Waals surface area contributed by atoms with Crippen LogP contribution in [-0.2, 0) is 4.74 Å². The molecule has 2 unspecified atom stereocenters. The van der Waals surface area contributed by atoms with E-state index >= 15 is 0 Å². The van der Waals surface area contributed by atoms with Gasteiger partial charge in [-0.15, -0.1) is 0 Å². The molecule has 0 radical (unpaired) electrons. The minimum Gasteiger partial charge on any atom is -0.394 e. The van der Waals surface area contributed by atoms with E-state index in [4.69, 9.17) is 4.74 Å². The van der Waals surface area contributed by atoms with Crippen molar-refractivity contribution in [3.63, 3.8) is 0 Å². The largest absolute Gasteiger partial charge is 0.394 e. The van der Waals surface area contributed by atoms with Gasteiger partial charge in [0.2, 0.25) is 0 Å². The van der Waals surface area contributed by atoms with Gasteiger partial charge in [0, 0.05) is 4.90 Å². The minimum absolute atomic E-state index is 0.0250. The van der Waals surface area contributed by atoms with E-state index in [1.54, 1.807) is 11.8 Å². The lowest BCUT2D eigenvalue weighted by molar-refractivity contribution is -0.152. The van der Waals surface area contributed by atoms with Crippen LogP contribution in [0.15, 0.2) is 35.2 Å². The lowest BCUT2D eigenvalue weighted by Gasteiger charge is -2.41. The average molecular weight is 268 g/mol. The van der Waals surface area contributed by atoms with E-state index < -0.39 is 12.2 Å². The van der Waals surface area contributed by atoms with Crippen LogP contribution in [0, 0.1) is 11.8 Å². The van der Waals surface area contributed by atoms with Gasteiger partial charge in [-0.05, 0) is 24.0 Å². The molecule has 3 nitrogen and oxygen atoms in total. The van der Waals surface area contributed by atoms with Crippen molar-refractivity contribution in [3.8, 4) is 0 Å². The molecule has 1 heterocycles. The highest BCUT2D eigenvalue weighted by atomic mass is 32.2. The van der Waals surface area contributed by atoms with Gasteiger partial charge < -0.3 is 14.9 Å². The van der Waals surface area contributed by atoms with E-state index in [9.17, 15) is 10.2 Å². The molecule has 0 aromatic heterocycles. The second-order valence-corrected chi connectivity index (χ2v) is 6.04. The standard InChI is InChI=1S/C14H20O3S/c1-9-10(2)14(17-12(8-15)13(9)16)18-11-6-4-3-5-7-11/h3-7,9-10,12-16H,8H2,1-2H3/t9-,10?,12?,13+,14-/m1/s1. The van der Waals surface area contributed by atoms with Crippen LogP contribution in [0.25, 0.3) is 0 Å². The molecule has 0 bridgehead atoms. The van der Waals surface area contributed by atoms with Crippen LogP contribution in [-0.4, -0.2) is 34.5 Å². The first kappa shape index (κ1) is 13.9. The van der Waals surface area contributed by atoms with Gasteiger partial charge in [0.05, 0.1) is 12.7 Å². The van der Waals surface area contributed by atoms with Crippen molar-refractivity contribution in [2.75, 3.05) is 6.61 Å². The van der Waals surface area contributed by atoms with E-state index in [1.165, 1.54) is 0 Å². The van der Waals surface area contributed by atoms with Gasteiger partial charge in [0.15, 0.2) is 0 Å². The van der Waals surface area contributed by atoms with Crippen LogP contribution >= 0.6 is 11.8 Å². The molecule has 2 rings (SSSR count). The summed E-state index contributed by atoms with van der Waals surface area (Å²) in [6.07, 6.45) is -1.06. The van der Waals surface area contributed by atoms with Gasteiger partial charge in [-0.3, -0.25) is 0 Å². The lowest BCUT2D eigenvalue weighted by atomic mass is 9.86. The zero-order valence-electron chi connectivity index (χ0n) is 10.7. The molecule has 5 atom stereocenters. The Morgan fingerprint density at radius 2 is 1.83 bits per heavy atom. The molecule has 1 aliphatic rings. The highest BCUT2D eigenvalue weighted by Gasteiger charge is 2.40. The molecule has 1 fully saturated rings. The molecule has 0 saturated carbocycles. The maximum Gasteiger partial charge on any atom is 0.111 e. The fourth-order valence-corrected chi connectivity index (χ4v) is 3.44. The Morgan fingerprint density at radius 1 is 1.17 bits per heavy atom. The molecule has 18 heavy (non-hydrogen) atoms. The van der Waals surface area contributed by atoms with Crippen molar-refractivity contribution >= 4 is 11.8 Å². The number of rotatable bonds is 3. The maximum absolute atomic E-state index is 10.00. The molecule has 1 aromatic rings. The third-order valence-corrected chi connectivity index (χ3v) is 4.98. The van der Waals surface area contributed by atoms with Crippen molar-refractivity contribution in [1.82, 2.24) is 0 Å². The number of aliphatic hydroxyl groups is 2. The minimum atomic E-state index is -0.586. The molecular formula is C14H20O3S. The fraction of sp³-hybridized carbons (Fsp3) is 0.571. The molecule has 2 N–H and O–H groups in total. The van der Waals surface area contributed by atoms with E-state index in [-0.39, 0.29) is 23.9 Å². The van der Waals surface area contributed by atoms with Crippen LogP contribution in [0.2, 0.25) is 0 Å². The molecule has 1 aromatic carbocycles. The molecule has 0 spiro atoms. The lowest BCUT2D eigenvalue weighted by Crippen LogP contribution is -2.49. The third-order valence-electron chi connectivity index (χ3n) is 3.66. The summed E-state index contributed by atoms with van der Waals surface area (Å²) in [5.41, 5.74) is -0.0250. The first-order valence-electron chi connectivity index (χ1n) is 6.29. The van der Waals surface area contributed by atoms with Crippen LogP contribution in [0.1, 0.15) is 13.8 Å². The van der Waals surface area contributed by atoms with Crippen LogP contribution in [0.5, 0.6) is 0 Å². The number of ether oxygens (including phenoxy) is 1. The first-order valence-corrected chi connectivity index (χ1v) is 7.17. The number of aliphatic hydroxyl groups excluding tert-OH is 2. The van der Waals surface area contributed by atoms with Crippen molar-refractivity contribution in [1.29, 1.82) is 0 Å². The molecule has 0 amide bonds. The monoisotopic (exact) mass is 268 g/mol. The summed E-state index contributed by atoms with van der Waals surface area (Å²) in [5.74, 6) is 0.366. The Balaban J connectivity index is 2.08. The maximum atomic E-state index is 10.00. The predicted octanol–water partition coefficient (Wildman–Crippen LogP) is 2.13. The number of benzene rings is 1. The van der Waals surface area contributed by atoms with E-state index in [0.29, 0.717) is 0 Å². The Bertz CT molecular complexity index is 369. The zero-order valence-corrected chi connectivity index (χ0v) is 11.5. The summed E-state index contributed by atoms with van der Waals surface area (Å²) in [5, 5.41) is 19.3. The van der Waals surface area contributed by atoms with Gasteiger partial charge in [-0.1, -0.05) is 43.8 Å². The fourth-order valence-electron chi connectivity index (χ4n) is 2.19. The summed E-state index contributed by atoms with van der Waals surface area (Å²) >= 11 is 1.65. The van der Waals surface area contributed by atoms with Crippen molar-refractivity contribution in [2.24, 2.45) is 11.8 Å². The summed E-state index contributed by atoms with van der Waals surface area (Å²) in [6.45, 7) is 3.96. The number of thioether (sulfide) groups is 1. The SMILES string of the molecule is CC1[C@@H](Sc2ccccc2)OC(CO)[C@@H](O)[C@@H]1C. The summed E-state index contributed by atoms with van der Waals surface area (Å²) in [7, 11) is 0. The Kier molecular flexibility index (Phi) is 4.67. The van der Waals surface area contributed by atoms with Crippen molar-refractivity contribution < 1.29 is 14.9 Å². The highest BCUT2D eigenvalue weighted by molar-refractivity contribution is 7.99. The Morgan fingerprint density at radius 3 is 2.44 bits per heavy atom. The van der Waals surface area contributed by atoms with Gasteiger partial charge in [-0.25, -0.2) is 0 Å². The predicted molar refractivity (Wildman–Crippen MR) is 72.4 cm³/mol. The summed E-state index contributed by atoms with van der Waals surface area (Å²) in [4.78, 5) is 1.15. The van der Waals surface area contributed by atoms with Crippen molar-refractivity contribution in [2.45, 2.75) is 36.4 Å². The second kappa shape index (κ2) is 6.06. The number of hydrogen-bond donors (Lipinski definition) is 2. The van der Waals surface area contributed by atoms with Crippen molar-refractivity contribution in [3.05, 3.63) is 30.3 Å². The van der Waals surface area contributed by atoms with E-state index in [1.807, 2.05) is 37.3 Å². The number of hydrogen-bond acceptors (Lipinski definition) is 4.